The number of thioether (sulfide) groups is 1. The Labute approximate surface area is 103 Å². The zero-order chi connectivity index (χ0) is 11.4. The van der Waals surface area contributed by atoms with Gasteiger partial charge in [-0.1, -0.05) is 18.6 Å². The number of nitrogens with two attached hydrogens (primary N) is 1. The average Bonchev–Trinajstić information content (AvgIpc) is 2.90. The van der Waals surface area contributed by atoms with E-state index in [9.17, 15) is 0 Å². The van der Waals surface area contributed by atoms with Gasteiger partial charge in [0.15, 0.2) is 0 Å². The molecule has 0 radical (unpaired) electrons. The van der Waals surface area contributed by atoms with Crippen molar-refractivity contribution in [2.24, 2.45) is 5.73 Å². The second-order valence-electron chi connectivity index (χ2n) is 5.05. The van der Waals surface area contributed by atoms with Crippen LogP contribution in [-0.4, -0.2) is 29.6 Å². The number of hydrogen-bond acceptors (Lipinski definition) is 3. The Kier molecular flexibility index (Phi) is 4.34. The van der Waals surface area contributed by atoms with Crippen LogP contribution in [0.2, 0.25) is 0 Å². The van der Waals surface area contributed by atoms with Gasteiger partial charge in [0, 0.05) is 17.3 Å². The Morgan fingerprint density at radius 1 is 1.62 bits per heavy atom. The third-order valence-corrected chi connectivity index (χ3v) is 5.51. The smallest absolute Gasteiger partial charge is 0.0429 e. The van der Waals surface area contributed by atoms with Crippen LogP contribution in [0.4, 0.5) is 0 Å². The molecule has 1 saturated heterocycles. The summed E-state index contributed by atoms with van der Waals surface area (Å²) >= 11 is 2.05. The van der Waals surface area contributed by atoms with Crippen LogP contribution in [0.3, 0.4) is 0 Å². The van der Waals surface area contributed by atoms with Gasteiger partial charge in [-0.15, -0.1) is 0 Å². The molecule has 0 saturated carbocycles. The first kappa shape index (κ1) is 12.5. The molecule has 0 aromatic carbocycles. The molecule has 1 aliphatic carbocycles. The van der Waals surface area contributed by atoms with E-state index in [1.165, 1.54) is 37.9 Å². The topological polar surface area (TPSA) is 38.0 Å². The second-order valence-corrected chi connectivity index (χ2v) is 6.50. The highest BCUT2D eigenvalue weighted by Crippen LogP contribution is 2.35. The monoisotopic (exact) mass is 240 g/mol. The first-order valence-electron chi connectivity index (χ1n) is 6.51. The van der Waals surface area contributed by atoms with Gasteiger partial charge < -0.3 is 11.1 Å². The van der Waals surface area contributed by atoms with Crippen LogP contribution in [0, 0.1) is 0 Å². The third kappa shape index (κ3) is 2.63. The average molecular weight is 240 g/mol. The van der Waals surface area contributed by atoms with Gasteiger partial charge in [-0.3, -0.25) is 0 Å². The SMILES string of the molecule is CC1SCCC1(CN)NCCC1=CCCC1. The molecule has 0 aromatic heterocycles. The van der Waals surface area contributed by atoms with Crippen molar-refractivity contribution in [2.75, 3.05) is 18.8 Å². The largest absolute Gasteiger partial charge is 0.329 e. The molecule has 2 rings (SSSR count). The van der Waals surface area contributed by atoms with E-state index >= 15 is 0 Å². The van der Waals surface area contributed by atoms with E-state index in [4.69, 9.17) is 5.73 Å². The molecule has 92 valence electrons. The number of rotatable bonds is 5. The zero-order valence-electron chi connectivity index (χ0n) is 10.3. The van der Waals surface area contributed by atoms with Gasteiger partial charge in [0.2, 0.25) is 0 Å². The molecule has 1 heterocycles. The molecule has 0 spiro atoms. The summed E-state index contributed by atoms with van der Waals surface area (Å²) in [6.07, 6.45) is 8.85. The summed E-state index contributed by atoms with van der Waals surface area (Å²) in [5.41, 5.74) is 7.83. The summed E-state index contributed by atoms with van der Waals surface area (Å²) in [6, 6.07) is 0. The van der Waals surface area contributed by atoms with Gasteiger partial charge in [0.25, 0.3) is 0 Å². The minimum atomic E-state index is 0.212. The summed E-state index contributed by atoms with van der Waals surface area (Å²) in [6.45, 7) is 4.19. The number of hydrogen-bond donors (Lipinski definition) is 2. The number of nitrogens with one attached hydrogen (secondary N) is 1. The van der Waals surface area contributed by atoms with Crippen molar-refractivity contribution < 1.29 is 0 Å². The Hall–Kier alpha value is 0.0100. The van der Waals surface area contributed by atoms with Crippen LogP contribution in [0.15, 0.2) is 11.6 Å². The highest BCUT2D eigenvalue weighted by Gasteiger charge is 2.38. The van der Waals surface area contributed by atoms with Crippen molar-refractivity contribution >= 4 is 11.8 Å². The molecule has 2 atom stereocenters. The minimum Gasteiger partial charge on any atom is -0.329 e. The van der Waals surface area contributed by atoms with E-state index in [1.807, 2.05) is 0 Å². The normalized spacial score (nSPS) is 34.4. The van der Waals surface area contributed by atoms with E-state index in [0.29, 0.717) is 5.25 Å². The van der Waals surface area contributed by atoms with Crippen LogP contribution in [0.5, 0.6) is 0 Å². The van der Waals surface area contributed by atoms with Crippen molar-refractivity contribution in [1.82, 2.24) is 5.32 Å². The molecule has 1 fully saturated rings. The lowest BCUT2D eigenvalue weighted by molar-refractivity contribution is 0.336. The van der Waals surface area contributed by atoms with Gasteiger partial charge in [-0.05, 0) is 44.4 Å². The summed E-state index contributed by atoms with van der Waals surface area (Å²) in [5, 5.41) is 4.40. The third-order valence-electron chi connectivity index (χ3n) is 4.12. The quantitative estimate of drug-likeness (QED) is 0.724. The van der Waals surface area contributed by atoms with Crippen molar-refractivity contribution in [1.29, 1.82) is 0 Å². The summed E-state index contributed by atoms with van der Waals surface area (Å²) in [5.74, 6) is 1.26. The summed E-state index contributed by atoms with van der Waals surface area (Å²) < 4.78 is 0. The highest BCUT2D eigenvalue weighted by atomic mass is 32.2. The fraction of sp³-hybridized carbons (Fsp3) is 0.846. The summed E-state index contributed by atoms with van der Waals surface area (Å²) in [4.78, 5) is 0. The van der Waals surface area contributed by atoms with Gasteiger partial charge in [0.1, 0.15) is 0 Å². The maximum atomic E-state index is 5.96. The zero-order valence-corrected chi connectivity index (χ0v) is 11.1. The lowest BCUT2D eigenvalue weighted by atomic mass is 9.92. The molecule has 0 bridgehead atoms. The predicted molar refractivity (Wildman–Crippen MR) is 72.9 cm³/mol. The van der Waals surface area contributed by atoms with Crippen LogP contribution in [-0.2, 0) is 0 Å². The lowest BCUT2D eigenvalue weighted by Crippen LogP contribution is -2.55. The van der Waals surface area contributed by atoms with Crippen molar-refractivity contribution in [3.05, 3.63) is 11.6 Å². The first-order chi connectivity index (χ1) is 7.77. The fourth-order valence-corrected chi connectivity index (χ4v) is 4.24. The van der Waals surface area contributed by atoms with Gasteiger partial charge >= 0.3 is 0 Å². The molecule has 2 nitrogen and oxygen atoms in total. The lowest BCUT2D eigenvalue weighted by Gasteiger charge is -2.33. The standard InChI is InChI=1S/C13H24N2S/c1-11-13(10-14,7-9-16-11)15-8-6-12-4-2-3-5-12/h4,11,15H,2-3,5-10,14H2,1H3. The van der Waals surface area contributed by atoms with E-state index in [1.54, 1.807) is 5.57 Å². The van der Waals surface area contributed by atoms with Crippen molar-refractivity contribution in [3.8, 4) is 0 Å². The van der Waals surface area contributed by atoms with Crippen molar-refractivity contribution in [2.45, 2.75) is 49.8 Å². The van der Waals surface area contributed by atoms with Crippen LogP contribution >= 0.6 is 11.8 Å². The molecular weight excluding hydrogens is 216 g/mol. The molecular formula is C13H24N2S. The molecule has 2 aliphatic rings. The molecule has 16 heavy (non-hydrogen) atoms. The van der Waals surface area contributed by atoms with Crippen LogP contribution < -0.4 is 11.1 Å². The molecule has 0 amide bonds. The Bertz CT molecular complexity index is 265. The first-order valence-corrected chi connectivity index (χ1v) is 7.56. The van der Waals surface area contributed by atoms with E-state index in [2.05, 4.69) is 30.1 Å². The molecule has 3 heteroatoms. The molecule has 2 unspecified atom stereocenters. The van der Waals surface area contributed by atoms with E-state index in [0.717, 1.165) is 13.1 Å². The molecule has 0 aromatic rings. The van der Waals surface area contributed by atoms with Crippen LogP contribution in [0.1, 0.15) is 39.0 Å². The van der Waals surface area contributed by atoms with Gasteiger partial charge in [-0.25, -0.2) is 0 Å². The number of allylic oxidation sites excluding steroid dienone is 1. The van der Waals surface area contributed by atoms with Gasteiger partial charge in [-0.2, -0.15) is 11.8 Å². The van der Waals surface area contributed by atoms with Crippen LogP contribution in [0.25, 0.3) is 0 Å². The van der Waals surface area contributed by atoms with Crippen molar-refractivity contribution in [3.63, 3.8) is 0 Å². The predicted octanol–water partition coefficient (Wildman–Crippen LogP) is 2.30. The van der Waals surface area contributed by atoms with E-state index < -0.39 is 0 Å². The highest BCUT2D eigenvalue weighted by molar-refractivity contribution is 8.00. The Balaban J connectivity index is 1.78. The summed E-state index contributed by atoms with van der Waals surface area (Å²) in [7, 11) is 0. The fourth-order valence-electron chi connectivity index (χ4n) is 2.79. The molecule has 3 N–H and O–H groups in total. The maximum Gasteiger partial charge on any atom is 0.0429 e. The van der Waals surface area contributed by atoms with Gasteiger partial charge in [0.05, 0.1) is 0 Å². The maximum absolute atomic E-state index is 5.96. The molecule has 1 aliphatic heterocycles. The second kappa shape index (κ2) is 5.56. The van der Waals surface area contributed by atoms with E-state index in [-0.39, 0.29) is 5.54 Å². The Morgan fingerprint density at radius 3 is 3.06 bits per heavy atom. The Morgan fingerprint density at radius 2 is 2.50 bits per heavy atom. The minimum absolute atomic E-state index is 0.212.